The first-order chi connectivity index (χ1) is 16.9. The number of halogens is 1. The van der Waals surface area contributed by atoms with E-state index < -0.39 is 0 Å². The summed E-state index contributed by atoms with van der Waals surface area (Å²) in [6.07, 6.45) is 1.85. The number of hydrogen-bond acceptors (Lipinski definition) is 3. The Morgan fingerprint density at radius 2 is 1.77 bits per heavy atom. The first kappa shape index (κ1) is 24.8. The normalized spacial score (nSPS) is 12.1. The van der Waals surface area contributed by atoms with Gasteiger partial charge in [-0.3, -0.25) is 4.79 Å². The number of fused-ring (bicyclic) bond motifs is 1. The van der Waals surface area contributed by atoms with Crippen molar-refractivity contribution in [2.45, 2.75) is 52.1 Å². The van der Waals surface area contributed by atoms with E-state index in [0.29, 0.717) is 23.1 Å². The van der Waals surface area contributed by atoms with Crippen molar-refractivity contribution in [3.05, 3.63) is 94.8 Å². The maximum absolute atomic E-state index is 12.8. The predicted octanol–water partition coefficient (Wildman–Crippen LogP) is 7.16. The number of nitrogens with one attached hydrogen (secondary N) is 1. The molecule has 1 atom stereocenters. The zero-order valence-corrected chi connectivity index (χ0v) is 21.3. The first-order valence-electron chi connectivity index (χ1n) is 12.2. The third-order valence-corrected chi connectivity index (χ3v) is 6.33. The fourth-order valence-corrected chi connectivity index (χ4v) is 4.34. The van der Waals surface area contributed by atoms with E-state index in [2.05, 4.69) is 41.9 Å². The van der Waals surface area contributed by atoms with Gasteiger partial charge in [-0.25, -0.2) is 4.98 Å². The molecule has 4 rings (SSSR count). The number of benzene rings is 3. The summed E-state index contributed by atoms with van der Waals surface area (Å²) in [7, 11) is 0. The van der Waals surface area contributed by atoms with E-state index in [0.717, 1.165) is 42.0 Å². The molecule has 1 unspecified atom stereocenters. The van der Waals surface area contributed by atoms with Gasteiger partial charge in [-0.2, -0.15) is 0 Å². The number of ether oxygens (including phenoxy) is 1. The molecule has 1 heterocycles. The number of carbonyl (C=O) groups is 1. The van der Waals surface area contributed by atoms with Gasteiger partial charge >= 0.3 is 0 Å². The number of nitrogens with zero attached hydrogens (tertiary/aromatic N) is 2. The molecule has 1 N–H and O–H groups in total. The van der Waals surface area contributed by atoms with Crippen molar-refractivity contribution in [2.24, 2.45) is 0 Å². The summed E-state index contributed by atoms with van der Waals surface area (Å²) in [5.41, 5.74) is 3.84. The molecule has 182 valence electrons. The summed E-state index contributed by atoms with van der Waals surface area (Å²) in [5.74, 6) is 2.09. The van der Waals surface area contributed by atoms with Gasteiger partial charge in [0, 0.05) is 17.1 Å². The van der Waals surface area contributed by atoms with E-state index >= 15 is 0 Å². The fraction of sp³-hybridized carbons (Fsp3) is 0.310. The zero-order valence-electron chi connectivity index (χ0n) is 20.5. The molecule has 0 saturated carbocycles. The van der Waals surface area contributed by atoms with E-state index in [1.165, 1.54) is 5.56 Å². The molecular weight excluding hydrogens is 458 g/mol. The highest BCUT2D eigenvalue weighted by Crippen LogP contribution is 2.23. The number of aryl methyl sites for hydroxylation is 1. The Bertz CT molecular complexity index is 1280. The molecule has 3 aromatic carbocycles. The van der Waals surface area contributed by atoms with Crippen LogP contribution in [0.1, 0.15) is 67.3 Å². The van der Waals surface area contributed by atoms with Crippen LogP contribution in [0.3, 0.4) is 0 Å². The van der Waals surface area contributed by atoms with Gasteiger partial charge in [-0.05, 0) is 73.7 Å². The molecule has 0 aliphatic rings. The quantitative estimate of drug-likeness (QED) is 0.240. The van der Waals surface area contributed by atoms with Crippen LogP contribution in [0.15, 0.2) is 72.8 Å². The standard InChI is InChI=1S/C29H32ClN3O2/c1-20(2)22-13-15-25(16-14-22)35-18-7-6-17-33-27-12-5-4-11-26(27)32-28(33)21(3)31-29(34)23-9-8-10-24(30)19-23/h4-5,8-16,19-21H,6-7,17-18H2,1-3H3,(H,31,34). The van der Waals surface area contributed by atoms with E-state index in [1.807, 2.05) is 37.3 Å². The lowest BCUT2D eigenvalue weighted by atomic mass is 10.0. The molecule has 0 saturated heterocycles. The van der Waals surface area contributed by atoms with Crippen LogP contribution >= 0.6 is 11.6 Å². The number of amides is 1. The molecule has 0 radical (unpaired) electrons. The average Bonchev–Trinajstić information content (AvgIpc) is 3.23. The second-order valence-electron chi connectivity index (χ2n) is 9.10. The van der Waals surface area contributed by atoms with Crippen molar-refractivity contribution >= 4 is 28.5 Å². The maximum atomic E-state index is 12.8. The third kappa shape index (κ3) is 6.23. The molecule has 0 bridgehead atoms. The van der Waals surface area contributed by atoms with Crippen LogP contribution in [0.4, 0.5) is 0 Å². The molecule has 4 aromatic rings. The summed E-state index contributed by atoms with van der Waals surface area (Å²) in [4.78, 5) is 17.6. The van der Waals surface area contributed by atoms with Crippen molar-refractivity contribution < 1.29 is 9.53 Å². The predicted molar refractivity (Wildman–Crippen MR) is 142 cm³/mol. The minimum atomic E-state index is -0.260. The molecule has 0 aliphatic carbocycles. The van der Waals surface area contributed by atoms with E-state index in [9.17, 15) is 4.79 Å². The molecule has 0 fully saturated rings. The lowest BCUT2D eigenvalue weighted by Crippen LogP contribution is -2.28. The lowest BCUT2D eigenvalue weighted by Gasteiger charge is -2.17. The van der Waals surface area contributed by atoms with Crippen LogP contribution in [0, 0.1) is 0 Å². The van der Waals surface area contributed by atoms with Gasteiger partial charge in [0.15, 0.2) is 0 Å². The summed E-state index contributed by atoms with van der Waals surface area (Å²) in [5, 5.41) is 3.61. The van der Waals surface area contributed by atoms with Crippen LogP contribution in [-0.2, 0) is 6.54 Å². The second kappa shape index (κ2) is 11.4. The van der Waals surface area contributed by atoms with Crippen molar-refractivity contribution in [2.75, 3.05) is 6.61 Å². The zero-order chi connectivity index (χ0) is 24.8. The van der Waals surface area contributed by atoms with Gasteiger partial charge in [0.25, 0.3) is 5.91 Å². The van der Waals surface area contributed by atoms with Crippen molar-refractivity contribution in [1.82, 2.24) is 14.9 Å². The van der Waals surface area contributed by atoms with E-state index in [-0.39, 0.29) is 11.9 Å². The smallest absolute Gasteiger partial charge is 0.251 e. The van der Waals surface area contributed by atoms with Crippen LogP contribution in [0.5, 0.6) is 5.75 Å². The van der Waals surface area contributed by atoms with Gasteiger partial charge in [0.1, 0.15) is 11.6 Å². The fourth-order valence-electron chi connectivity index (χ4n) is 4.14. The number of para-hydroxylation sites is 2. The monoisotopic (exact) mass is 489 g/mol. The summed E-state index contributed by atoms with van der Waals surface area (Å²) < 4.78 is 8.15. The van der Waals surface area contributed by atoms with Crippen LogP contribution < -0.4 is 10.1 Å². The first-order valence-corrected chi connectivity index (χ1v) is 12.5. The lowest BCUT2D eigenvalue weighted by molar-refractivity contribution is 0.0937. The molecule has 35 heavy (non-hydrogen) atoms. The summed E-state index contributed by atoms with van der Waals surface area (Å²) in [6.45, 7) is 7.79. The molecule has 0 spiro atoms. The van der Waals surface area contributed by atoms with Gasteiger partial charge in [0.05, 0.1) is 23.7 Å². The average molecular weight is 490 g/mol. The van der Waals surface area contributed by atoms with Gasteiger partial charge < -0.3 is 14.6 Å². The molecule has 5 nitrogen and oxygen atoms in total. The van der Waals surface area contributed by atoms with Crippen molar-refractivity contribution in [3.63, 3.8) is 0 Å². The molecule has 6 heteroatoms. The topological polar surface area (TPSA) is 56.1 Å². The minimum absolute atomic E-state index is 0.171. The third-order valence-electron chi connectivity index (χ3n) is 6.10. The Morgan fingerprint density at radius 3 is 2.51 bits per heavy atom. The number of rotatable bonds is 10. The Kier molecular flexibility index (Phi) is 8.09. The number of imidazole rings is 1. The Balaban J connectivity index is 1.39. The van der Waals surface area contributed by atoms with Crippen LogP contribution in [0.2, 0.25) is 5.02 Å². The minimum Gasteiger partial charge on any atom is -0.494 e. The van der Waals surface area contributed by atoms with Gasteiger partial charge in [0.2, 0.25) is 0 Å². The number of unbranched alkanes of at least 4 members (excludes halogenated alkanes) is 1. The Hall–Kier alpha value is -3.31. The maximum Gasteiger partial charge on any atom is 0.251 e. The molecule has 1 aromatic heterocycles. The highest BCUT2D eigenvalue weighted by Gasteiger charge is 2.19. The Labute approximate surface area is 212 Å². The highest BCUT2D eigenvalue weighted by atomic mass is 35.5. The van der Waals surface area contributed by atoms with Crippen LogP contribution in [0.25, 0.3) is 11.0 Å². The molecule has 0 aliphatic heterocycles. The van der Waals surface area contributed by atoms with E-state index in [4.69, 9.17) is 21.3 Å². The SMILES string of the molecule is CC(C)c1ccc(OCCCCn2c(C(C)NC(=O)c3cccc(Cl)c3)nc3ccccc32)cc1. The summed E-state index contributed by atoms with van der Waals surface area (Å²) in [6, 6.07) is 23.1. The number of hydrogen-bond donors (Lipinski definition) is 1. The largest absolute Gasteiger partial charge is 0.494 e. The highest BCUT2D eigenvalue weighted by molar-refractivity contribution is 6.30. The van der Waals surface area contributed by atoms with Crippen molar-refractivity contribution in [1.29, 1.82) is 0 Å². The second-order valence-corrected chi connectivity index (χ2v) is 9.53. The molecule has 1 amide bonds. The van der Waals surface area contributed by atoms with Gasteiger partial charge in [-0.15, -0.1) is 0 Å². The molecular formula is C29H32ClN3O2. The number of carbonyl (C=O) groups excluding carboxylic acids is 1. The van der Waals surface area contributed by atoms with Crippen LogP contribution in [-0.4, -0.2) is 22.1 Å². The van der Waals surface area contributed by atoms with Crippen molar-refractivity contribution in [3.8, 4) is 5.75 Å². The van der Waals surface area contributed by atoms with E-state index in [1.54, 1.807) is 24.3 Å². The Morgan fingerprint density at radius 1 is 1.00 bits per heavy atom. The number of aromatic nitrogens is 2. The van der Waals surface area contributed by atoms with Gasteiger partial charge in [-0.1, -0.05) is 55.8 Å². The summed E-state index contributed by atoms with van der Waals surface area (Å²) >= 11 is 6.06.